The van der Waals surface area contributed by atoms with E-state index >= 15 is 0 Å². The van der Waals surface area contributed by atoms with Crippen molar-refractivity contribution in [3.8, 4) is 0 Å². The first-order valence-corrected chi connectivity index (χ1v) is 10.7. The monoisotopic (exact) mass is 401 g/mol. The van der Waals surface area contributed by atoms with Crippen LogP contribution in [0.15, 0.2) is 29.6 Å². The molecule has 1 aliphatic rings. The highest BCUT2D eigenvalue weighted by Gasteiger charge is 2.29. The summed E-state index contributed by atoms with van der Waals surface area (Å²) in [4.78, 5) is 30.9. The molecule has 150 valence electrons. The number of esters is 1. The average Bonchev–Trinajstić information content (AvgIpc) is 3.15. The molecule has 1 unspecified atom stereocenters. The number of aryl methyl sites for hydroxylation is 1. The van der Waals surface area contributed by atoms with E-state index in [1.165, 1.54) is 16.9 Å². The molecule has 7 heteroatoms. The van der Waals surface area contributed by atoms with Crippen LogP contribution in [0.2, 0.25) is 0 Å². The Hall–Kier alpha value is -2.41. The quantitative estimate of drug-likeness (QED) is 0.715. The zero-order chi connectivity index (χ0) is 19.9. The summed E-state index contributed by atoms with van der Waals surface area (Å²) in [6.07, 6.45) is 2.87. The summed E-state index contributed by atoms with van der Waals surface area (Å²) in [6, 6.07) is 8.26. The van der Waals surface area contributed by atoms with Crippen LogP contribution in [-0.2, 0) is 27.2 Å². The van der Waals surface area contributed by atoms with Crippen LogP contribution in [0.3, 0.4) is 0 Å². The summed E-state index contributed by atoms with van der Waals surface area (Å²) in [5.74, 6) is -0.399. The third-order valence-electron chi connectivity index (χ3n) is 4.89. The van der Waals surface area contributed by atoms with Gasteiger partial charge < -0.3 is 15.0 Å². The molecule has 0 radical (unpaired) electrons. The van der Waals surface area contributed by atoms with Gasteiger partial charge in [0.25, 0.3) is 0 Å². The van der Waals surface area contributed by atoms with Gasteiger partial charge in [-0.2, -0.15) is 0 Å². The molecule has 1 aromatic heterocycles. The molecule has 0 aliphatic carbocycles. The lowest BCUT2D eigenvalue weighted by atomic mass is 9.98. The Labute approximate surface area is 169 Å². The number of benzene rings is 1. The summed E-state index contributed by atoms with van der Waals surface area (Å²) >= 11 is 1.49. The predicted molar refractivity (Wildman–Crippen MR) is 111 cm³/mol. The third kappa shape index (κ3) is 5.32. The Morgan fingerprint density at radius 2 is 2.07 bits per heavy atom. The number of nitrogens with one attached hydrogen (secondary N) is 1. The van der Waals surface area contributed by atoms with Crippen molar-refractivity contribution in [1.82, 2.24) is 9.88 Å². The molecule has 0 saturated carbocycles. The molecule has 1 aliphatic heterocycles. The molecule has 1 saturated heterocycles. The van der Waals surface area contributed by atoms with Crippen LogP contribution in [0, 0.1) is 5.92 Å². The van der Waals surface area contributed by atoms with Crippen molar-refractivity contribution in [3.05, 3.63) is 40.9 Å². The molecule has 1 atom stereocenters. The van der Waals surface area contributed by atoms with Crippen LogP contribution in [0.1, 0.15) is 37.9 Å². The van der Waals surface area contributed by atoms with E-state index in [4.69, 9.17) is 4.74 Å². The van der Waals surface area contributed by atoms with Crippen molar-refractivity contribution in [3.63, 3.8) is 0 Å². The van der Waals surface area contributed by atoms with Crippen LogP contribution in [0.25, 0.3) is 0 Å². The van der Waals surface area contributed by atoms with Gasteiger partial charge in [-0.05, 0) is 43.9 Å². The van der Waals surface area contributed by atoms with Gasteiger partial charge in [0, 0.05) is 24.2 Å². The molecular weight excluding hydrogens is 374 g/mol. The second-order valence-electron chi connectivity index (χ2n) is 6.93. The first-order chi connectivity index (χ1) is 13.6. The number of nitrogens with zero attached hydrogens (tertiary/aromatic N) is 2. The largest absolute Gasteiger partial charge is 0.466 e. The van der Waals surface area contributed by atoms with Crippen molar-refractivity contribution in [2.45, 2.75) is 39.5 Å². The zero-order valence-electron chi connectivity index (χ0n) is 16.4. The van der Waals surface area contributed by atoms with Gasteiger partial charge in [0.2, 0.25) is 5.91 Å². The van der Waals surface area contributed by atoms with Crippen LogP contribution in [0.5, 0.6) is 0 Å². The molecule has 2 heterocycles. The van der Waals surface area contributed by atoms with Crippen LogP contribution in [-0.4, -0.2) is 41.5 Å². The number of piperidine rings is 1. The van der Waals surface area contributed by atoms with Crippen molar-refractivity contribution >= 4 is 34.0 Å². The molecule has 0 bridgehead atoms. The Morgan fingerprint density at radius 3 is 2.79 bits per heavy atom. The number of rotatable bonds is 7. The average molecular weight is 402 g/mol. The van der Waals surface area contributed by atoms with Crippen molar-refractivity contribution in [2.75, 3.05) is 25.0 Å². The highest BCUT2D eigenvalue weighted by molar-refractivity contribution is 7.13. The van der Waals surface area contributed by atoms with Gasteiger partial charge in [-0.1, -0.05) is 19.1 Å². The minimum atomic E-state index is -0.212. The van der Waals surface area contributed by atoms with Gasteiger partial charge in [0.1, 0.15) is 0 Å². The molecular formula is C21H27N3O3S. The molecule has 1 fully saturated rings. The Bertz CT molecular complexity index is 803. The fourth-order valence-electron chi connectivity index (χ4n) is 3.32. The smallest absolute Gasteiger partial charge is 0.310 e. The van der Waals surface area contributed by atoms with Gasteiger partial charge in [0.15, 0.2) is 5.13 Å². The number of hydrogen-bond acceptors (Lipinski definition) is 6. The number of carbonyl (C=O) groups excluding carboxylic acids is 2. The number of amides is 1. The van der Waals surface area contributed by atoms with Gasteiger partial charge in [-0.15, -0.1) is 11.3 Å². The van der Waals surface area contributed by atoms with Crippen molar-refractivity contribution in [1.29, 1.82) is 0 Å². The first kappa shape index (κ1) is 20.3. The van der Waals surface area contributed by atoms with Gasteiger partial charge in [-0.25, -0.2) is 4.98 Å². The van der Waals surface area contributed by atoms with Gasteiger partial charge in [-0.3, -0.25) is 9.59 Å². The van der Waals surface area contributed by atoms with Gasteiger partial charge >= 0.3 is 5.97 Å². The highest BCUT2D eigenvalue weighted by Crippen LogP contribution is 2.23. The van der Waals surface area contributed by atoms with Crippen LogP contribution in [0.4, 0.5) is 10.8 Å². The Kier molecular flexibility index (Phi) is 7.03. The van der Waals surface area contributed by atoms with Crippen LogP contribution >= 0.6 is 11.3 Å². The number of ether oxygens (including phenoxy) is 1. The second kappa shape index (κ2) is 9.68. The summed E-state index contributed by atoms with van der Waals surface area (Å²) in [5.41, 5.74) is 3.03. The van der Waals surface area contributed by atoms with E-state index in [0.717, 1.165) is 35.8 Å². The van der Waals surface area contributed by atoms with Crippen molar-refractivity contribution in [2.24, 2.45) is 5.92 Å². The Balaban J connectivity index is 1.55. The lowest BCUT2D eigenvalue weighted by molar-refractivity contribution is -0.151. The fraction of sp³-hybridized carbons (Fsp3) is 0.476. The summed E-state index contributed by atoms with van der Waals surface area (Å²) in [5, 5.41) is 5.97. The van der Waals surface area contributed by atoms with E-state index in [0.29, 0.717) is 19.7 Å². The number of anilines is 2. The SMILES string of the molecule is CCOC(=O)C1CCCN(C(=O)Cc2csc(Nc3ccc(CC)cc3)n2)C1. The van der Waals surface area contributed by atoms with E-state index in [1.54, 1.807) is 11.8 Å². The number of carbonyl (C=O) groups is 2. The molecule has 3 rings (SSSR count). The second-order valence-corrected chi connectivity index (χ2v) is 7.79. The number of hydrogen-bond donors (Lipinski definition) is 1. The molecule has 2 aromatic rings. The normalized spacial score (nSPS) is 16.6. The topological polar surface area (TPSA) is 71.5 Å². The van der Waals surface area contributed by atoms with E-state index in [9.17, 15) is 9.59 Å². The van der Waals surface area contributed by atoms with E-state index in [2.05, 4.69) is 29.4 Å². The summed E-state index contributed by atoms with van der Waals surface area (Å²) < 4.78 is 5.11. The number of aromatic nitrogens is 1. The molecule has 1 aromatic carbocycles. The molecule has 1 amide bonds. The molecule has 28 heavy (non-hydrogen) atoms. The maximum absolute atomic E-state index is 12.6. The van der Waals surface area contributed by atoms with Crippen molar-refractivity contribution < 1.29 is 14.3 Å². The van der Waals surface area contributed by atoms with E-state index in [1.807, 2.05) is 17.5 Å². The summed E-state index contributed by atoms with van der Waals surface area (Å²) in [6.45, 7) is 5.43. The number of thiazole rings is 1. The standard InChI is InChI=1S/C21H27N3O3S/c1-3-15-7-9-17(10-8-15)22-21-23-18(14-28-21)12-19(25)24-11-5-6-16(13-24)20(26)27-4-2/h7-10,14,16H,3-6,11-13H2,1-2H3,(H,22,23). The predicted octanol–water partition coefficient (Wildman–Crippen LogP) is 3.79. The minimum Gasteiger partial charge on any atom is -0.466 e. The summed E-state index contributed by atoms with van der Waals surface area (Å²) in [7, 11) is 0. The first-order valence-electron chi connectivity index (χ1n) is 9.83. The fourth-order valence-corrected chi connectivity index (χ4v) is 4.05. The Morgan fingerprint density at radius 1 is 1.29 bits per heavy atom. The zero-order valence-corrected chi connectivity index (χ0v) is 17.3. The maximum Gasteiger partial charge on any atom is 0.310 e. The molecule has 0 spiro atoms. The van der Waals surface area contributed by atoms with Crippen LogP contribution < -0.4 is 5.32 Å². The number of likely N-dealkylation sites (tertiary alicyclic amines) is 1. The highest BCUT2D eigenvalue weighted by atomic mass is 32.1. The third-order valence-corrected chi connectivity index (χ3v) is 5.70. The van der Waals surface area contributed by atoms with Gasteiger partial charge in [0.05, 0.1) is 24.6 Å². The lowest BCUT2D eigenvalue weighted by Crippen LogP contribution is -2.43. The lowest BCUT2D eigenvalue weighted by Gasteiger charge is -2.31. The van der Waals surface area contributed by atoms with E-state index in [-0.39, 0.29) is 24.2 Å². The minimum absolute atomic E-state index is 0.0122. The van der Waals surface area contributed by atoms with E-state index < -0.39 is 0 Å². The molecule has 1 N–H and O–H groups in total. The maximum atomic E-state index is 12.6. The molecule has 6 nitrogen and oxygen atoms in total.